The molecule has 0 amide bonds. The lowest BCUT2D eigenvalue weighted by atomic mass is 10.2. The molecule has 17 heavy (non-hydrogen) atoms. The van der Waals surface area contributed by atoms with Gasteiger partial charge in [0.05, 0.1) is 5.56 Å². The van der Waals surface area contributed by atoms with Crippen LogP contribution in [0.25, 0.3) is 0 Å². The van der Waals surface area contributed by atoms with E-state index in [2.05, 4.69) is 20.8 Å². The van der Waals surface area contributed by atoms with E-state index in [0.29, 0.717) is 5.56 Å². The fourth-order valence-corrected chi connectivity index (χ4v) is 1.96. The molecule has 0 aliphatic carbocycles. The molecule has 94 valence electrons. The number of phenolic OH excluding ortho intramolecular Hbond substituents is 1. The zero-order valence-electron chi connectivity index (χ0n) is 11.1. The summed E-state index contributed by atoms with van der Waals surface area (Å²) in [6, 6.07) is 6.24. The van der Waals surface area contributed by atoms with E-state index in [1.165, 1.54) is 12.1 Å². The van der Waals surface area contributed by atoms with Crippen LogP contribution < -0.4 is 0 Å². The summed E-state index contributed by atoms with van der Waals surface area (Å²) >= 11 is 0. The van der Waals surface area contributed by atoms with Crippen LogP contribution in [0.2, 0.25) is 18.1 Å². The Labute approximate surface area is 104 Å². The fraction of sp³-hybridized carbons (Fsp3) is 0.462. The second-order valence-electron chi connectivity index (χ2n) is 5.70. The van der Waals surface area contributed by atoms with Gasteiger partial charge < -0.3 is 9.53 Å². The van der Waals surface area contributed by atoms with Crippen molar-refractivity contribution in [3.05, 3.63) is 29.8 Å². The minimum Gasteiger partial charge on any atom is -0.516 e. The molecule has 0 heterocycles. The molecule has 0 bridgehead atoms. The standard InChI is InChI=1S/C13H20O3Si/c1-13(2,3)17(4,5)16-12(15)10-7-6-8-11(14)9-10/h6-9,14H,1-5H3. The second-order valence-corrected chi connectivity index (χ2v) is 10.4. The summed E-state index contributed by atoms with van der Waals surface area (Å²) in [5, 5.41) is 9.31. The van der Waals surface area contributed by atoms with E-state index in [-0.39, 0.29) is 16.8 Å². The smallest absolute Gasteiger partial charge is 0.324 e. The largest absolute Gasteiger partial charge is 0.516 e. The molecule has 0 spiro atoms. The Kier molecular flexibility index (Phi) is 3.67. The molecule has 0 saturated carbocycles. The van der Waals surface area contributed by atoms with E-state index in [1.807, 2.05) is 13.1 Å². The molecule has 0 aromatic heterocycles. The van der Waals surface area contributed by atoms with Crippen LogP contribution in [-0.4, -0.2) is 19.4 Å². The topological polar surface area (TPSA) is 46.5 Å². The summed E-state index contributed by atoms with van der Waals surface area (Å²) in [7, 11) is -2.10. The minimum absolute atomic E-state index is 0.0144. The average molecular weight is 252 g/mol. The summed E-state index contributed by atoms with van der Waals surface area (Å²) in [6.45, 7) is 10.3. The van der Waals surface area contributed by atoms with Crippen LogP contribution in [0.5, 0.6) is 5.75 Å². The molecule has 0 aliphatic rings. The van der Waals surface area contributed by atoms with Gasteiger partial charge in [0.15, 0.2) is 0 Å². The highest BCUT2D eigenvalue weighted by Gasteiger charge is 2.40. The molecule has 1 aromatic carbocycles. The summed E-state index contributed by atoms with van der Waals surface area (Å²) in [5.74, 6) is -0.276. The molecule has 4 heteroatoms. The maximum atomic E-state index is 12.0. The number of hydrogen-bond donors (Lipinski definition) is 1. The highest BCUT2D eigenvalue weighted by Crippen LogP contribution is 2.37. The SMILES string of the molecule is CC(C)(C)[Si](C)(C)OC(=O)c1cccc(O)c1. The van der Waals surface area contributed by atoms with Crippen molar-refractivity contribution in [3.63, 3.8) is 0 Å². The van der Waals surface area contributed by atoms with Crippen molar-refractivity contribution < 1.29 is 14.3 Å². The van der Waals surface area contributed by atoms with Gasteiger partial charge in [0, 0.05) is 0 Å². The Bertz CT molecular complexity index is 419. The quantitative estimate of drug-likeness (QED) is 0.819. The lowest BCUT2D eigenvalue weighted by molar-refractivity contribution is 0.0712. The van der Waals surface area contributed by atoms with Gasteiger partial charge in [-0.3, -0.25) is 0 Å². The van der Waals surface area contributed by atoms with E-state index < -0.39 is 8.32 Å². The number of hydrogen-bond acceptors (Lipinski definition) is 3. The number of rotatable bonds is 2. The Hall–Kier alpha value is -1.29. The van der Waals surface area contributed by atoms with E-state index in [9.17, 15) is 9.90 Å². The Morgan fingerprint density at radius 3 is 2.35 bits per heavy atom. The Morgan fingerprint density at radius 1 is 1.29 bits per heavy atom. The zero-order chi connectivity index (χ0) is 13.3. The molecule has 0 radical (unpaired) electrons. The van der Waals surface area contributed by atoms with E-state index >= 15 is 0 Å². The summed E-state index contributed by atoms with van der Waals surface area (Å²) < 4.78 is 5.63. The van der Waals surface area contributed by atoms with Crippen LogP contribution in [0.4, 0.5) is 0 Å². The molecular formula is C13H20O3Si. The van der Waals surface area contributed by atoms with Crippen LogP contribution in [-0.2, 0) is 4.43 Å². The maximum Gasteiger partial charge on any atom is 0.324 e. The number of benzene rings is 1. The molecule has 0 unspecified atom stereocenters. The lowest BCUT2D eigenvalue weighted by Crippen LogP contribution is -2.42. The van der Waals surface area contributed by atoms with Gasteiger partial charge in [-0.1, -0.05) is 26.8 Å². The lowest BCUT2D eigenvalue weighted by Gasteiger charge is -2.35. The van der Waals surface area contributed by atoms with Crippen molar-refractivity contribution in [3.8, 4) is 5.75 Å². The number of carbonyl (C=O) groups is 1. The zero-order valence-corrected chi connectivity index (χ0v) is 12.1. The van der Waals surface area contributed by atoms with Crippen LogP contribution in [0, 0.1) is 0 Å². The first-order chi connectivity index (χ1) is 7.63. The molecule has 3 nitrogen and oxygen atoms in total. The molecule has 0 saturated heterocycles. The van der Waals surface area contributed by atoms with Gasteiger partial charge in [-0.2, -0.15) is 0 Å². The van der Waals surface area contributed by atoms with Gasteiger partial charge in [-0.05, 0) is 36.3 Å². The molecular weight excluding hydrogens is 232 g/mol. The van der Waals surface area contributed by atoms with Gasteiger partial charge in [-0.15, -0.1) is 0 Å². The monoisotopic (exact) mass is 252 g/mol. The van der Waals surface area contributed by atoms with E-state index in [0.717, 1.165) is 0 Å². The Morgan fingerprint density at radius 2 is 1.88 bits per heavy atom. The van der Waals surface area contributed by atoms with Crippen LogP contribution in [0.15, 0.2) is 24.3 Å². The molecule has 0 fully saturated rings. The van der Waals surface area contributed by atoms with E-state index in [1.54, 1.807) is 12.1 Å². The van der Waals surface area contributed by atoms with Crippen LogP contribution >= 0.6 is 0 Å². The van der Waals surface area contributed by atoms with Gasteiger partial charge in [-0.25, -0.2) is 4.79 Å². The van der Waals surface area contributed by atoms with Crippen LogP contribution in [0.1, 0.15) is 31.1 Å². The maximum absolute atomic E-state index is 12.0. The number of aromatic hydroxyl groups is 1. The molecule has 1 N–H and O–H groups in total. The highest BCUT2D eigenvalue weighted by molar-refractivity contribution is 6.75. The first kappa shape index (κ1) is 13.8. The third-order valence-electron chi connectivity index (χ3n) is 3.24. The van der Waals surface area contributed by atoms with Crippen molar-refractivity contribution >= 4 is 14.3 Å². The predicted molar refractivity (Wildman–Crippen MR) is 70.7 cm³/mol. The Balaban J connectivity index is 2.87. The summed E-state index contributed by atoms with van der Waals surface area (Å²) in [5.41, 5.74) is 0.398. The van der Waals surface area contributed by atoms with Gasteiger partial charge in [0.2, 0.25) is 0 Å². The second kappa shape index (κ2) is 4.53. The van der Waals surface area contributed by atoms with Crippen molar-refractivity contribution in [1.82, 2.24) is 0 Å². The van der Waals surface area contributed by atoms with Gasteiger partial charge >= 0.3 is 5.97 Å². The molecule has 0 aliphatic heterocycles. The predicted octanol–water partition coefficient (Wildman–Crippen LogP) is 3.55. The number of phenols is 1. The molecule has 0 atom stereocenters. The third-order valence-corrected chi connectivity index (χ3v) is 7.54. The van der Waals surface area contributed by atoms with Crippen molar-refractivity contribution in [2.24, 2.45) is 0 Å². The summed E-state index contributed by atoms with van der Waals surface area (Å²) in [4.78, 5) is 12.0. The first-order valence-corrected chi connectivity index (χ1v) is 8.57. The average Bonchev–Trinajstić information content (AvgIpc) is 2.15. The van der Waals surface area contributed by atoms with Crippen molar-refractivity contribution in [1.29, 1.82) is 0 Å². The normalized spacial score (nSPS) is 12.3. The van der Waals surface area contributed by atoms with Crippen molar-refractivity contribution in [2.45, 2.75) is 38.9 Å². The van der Waals surface area contributed by atoms with Crippen molar-refractivity contribution in [2.75, 3.05) is 0 Å². The summed E-state index contributed by atoms with van der Waals surface area (Å²) in [6.07, 6.45) is 0. The fourth-order valence-electron chi connectivity index (χ4n) is 1.08. The molecule has 1 rings (SSSR count). The third kappa shape index (κ3) is 3.33. The van der Waals surface area contributed by atoms with Crippen LogP contribution in [0.3, 0.4) is 0 Å². The minimum atomic E-state index is -2.10. The first-order valence-electron chi connectivity index (χ1n) is 5.66. The highest BCUT2D eigenvalue weighted by atomic mass is 28.4. The molecule has 1 aromatic rings. The van der Waals surface area contributed by atoms with Gasteiger partial charge in [0.1, 0.15) is 5.75 Å². The van der Waals surface area contributed by atoms with Gasteiger partial charge in [0.25, 0.3) is 8.32 Å². The number of carbonyl (C=O) groups excluding carboxylic acids is 1. The van der Waals surface area contributed by atoms with E-state index in [4.69, 9.17) is 4.43 Å².